The van der Waals surface area contributed by atoms with Crippen LogP contribution in [0.25, 0.3) is 0 Å². The summed E-state index contributed by atoms with van der Waals surface area (Å²) in [5.41, 5.74) is 2.36. The van der Waals surface area contributed by atoms with Crippen LogP contribution in [0.3, 0.4) is 0 Å². The molecule has 1 N–H and O–H groups in total. The fourth-order valence-corrected chi connectivity index (χ4v) is 3.78. The molecule has 2 aromatic rings. The van der Waals surface area contributed by atoms with Crippen molar-refractivity contribution in [1.29, 1.82) is 0 Å². The van der Waals surface area contributed by atoms with Crippen LogP contribution >= 0.6 is 0 Å². The maximum Gasteiger partial charge on any atom is 0.251 e. The number of rotatable bonds is 10. The van der Waals surface area contributed by atoms with E-state index in [-0.39, 0.29) is 17.3 Å². The first-order chi connectivity index (χ1) is 13.3. The second-order valence-electron chi connectivity index (χ2n) is 6.58. The van der Waals surface area contributed by atoms with Crippen molar-refractivity contribution in [3.05, 3.63) is 65.2 Å². The third-order valence-corrected chi connectivity index (χ3v) is 6.12. The van der Waals surface area contributed by atoms with Crippen LogP contribution in [0.5, 0.6) is 0 Å². The van der Waals surface area contributed by atoms with Crippen molar-refractivity contribution in [2.75, 3.05) is 26.8 Å². The van der Waals surface area contributed by atoms with Gasteiger partial charge in [0.05, 0.1) is 4.90 Å². The largest absolute Gasteiger partial charge is 0.382 e. The molecule has 0 aromatic heterocycles. The van der Waals surface area contributed by atoms with Gasteiger partial charge in [0.1, 0.15) is 0 Å². The van der Waals surface area contributed by atoms with Gasteiger partial charge in [-0.3, -0.25) is 4.79 Å². The van der Waals surface area contributed by atoms with Crippen LogP contribution in [0.4, 0.5) is 0 Å². The van der Waals surface area contributed by atoms with Gasteiger partial charge in [-0.2, -0.15) is 4.31 Å². The molecule has 0 aliphatic heterocycles. The second kappa shape index (κ2) is 10.4. The predicted molar refractivity (Wildman–Crippen MR) is 110 cm³/mol. The summed E-state index contributed by atoms with van der Waals surface area (Å²) in [4.78, 5) is 12.4. The van der Waals surface area contributed by atoms with E-state index in [4.69, 9.17) is 4.74 Å². The first-order valence-corrected chi connectivity index (χ1v) is 10.8. The fourth-order valence-electron chi connectivity index (χ4n) is 2.62. The van der Waals surface area contributed by atoms with Crippen LogP contribution in [0.1, 0.15) is 34.8 Å². The zero-order chi connectivity index (χ0) is 20.6. The van der Waals surface area contributed by atoms with Crippen LogP contribution in [0.2, 0.25) is 0 Å². The number of amides is 1. The van der Waals surface area contributed by atoms with Gasteiger partial charge in [0.25, 0.3) is 5.91 Å². The second-order valence-corrected chi connectivity index (χ2v) is 8.62. The van der Waals surface area contributed by atoms with Gasteiger partial charge in [-0.05, 0) is 50.1 Å². The number of carbonyl (C=O) groups is 1. The van der Waals surface area contributed by atoms with Crippen LogP contribution in [-0.4, -0.2) is 45.4 Å². The highest BCUT2D eigenvalue weighted by Gasteiger charge is 2.20. The predicted octanol–water partition coefficient (Wildman–Crippen LogP) is 2.97. The van der Waals surface area contributed by atoms with E-state index in [9.17, 15) is 13.2 Å². The number of hydrogen-bond acceptors (Lipinski definition) is 4. The Kier molecular flexibility index (Phi) is 8.17. The molecule has 0 bridgehead atoms. The molecule has 0 spiro atoms. The number of nitrogens with zero attached hydrogens (tertiary/aromatic N) is 1. The van der Waals surface area contributed by atoms with E-state index in [1.165, 1.54) is 4.31 Å². The van der Waals surface area contributed by atoms with Gasteiger partial charge in [-0.25, -0.2) is 8.42 Å². The molecule has 0 unspecified atom stereocenters. The number of hydrogen-bond donors (Lipinski definition) is 1. The topological polar surface area (TPSA) is 75.7 Å². The summed E-state index contributed by atoms with van der Waals surface area (Å²) in [5.74, 6) is -0.149. The summed E-state index contributed by atoms with van der Waals surface area (Å²) in [5, 5.41) is 2.84. The number of ether oxygens (including phenoxy) is 1. The molecule has 0 aliphatic rings. The van der Waals surface area contributed by atoms with Crippen LogP contribution in [0.15, 0.2) is 53.4 Å². The molecule has 0 aliphatic carbocycles. The Hall–Kier alpha value is -2.22. The summed E-state index contributed by atoms with van der Waals surface area (Å²) < 4.78 is 31.9. The van der Waals surface area contributed by atoms with Crippen LogP contribution < -0.4 is 5.32 Å². The summed E-state index contributed by atoms with van der Waals surface area (Å²) in [6, 6.07) is 13.7. The lowest BCUT2D eigenvalue weighted by Gasteiger charge is -2.17. The highest BCUT2D eigenvalue weighted by molar-refractivity contribution is 7.89. The molecule has 1 amide bonds. The van der Waals surface area contributed by atoms with Crippen molar-refractivity contribution in [1.82, 2.24) is 9.62 Å². The zero-order valence-electron chi connectivity index (χ0n) is 16.6. The third-order valence-electron chi connectivity index (χ3n) is 4.31. The number of aryl methyl sites for hydroxylation is 1. The Bertz CT molecular complexity index is 862. The Labute approximate surface area is 167 Å². The van der Waals surface area contributed by atoms with Crippen molar-refractivity contribution in [3.8, 4) is 0 Å². The number of benzene rings is 2. The first-order valence-electron chi connectivity index (χ1n) is 9.32. The molecule has 2 rings (SSSR count). The number of nitrogens with one attached hydrogen (secondary N) is 1. The van der Waals surface area contributed by atoms with Crippen molar-refractivity contribution in [2.24, 2.45) is 0 Å². The number of carbonyl (C=O) groups excluding carboxylic acids is 1. The van der Waals surface area contributed by atoms with Gasteiger partial charge in [0.2, 0.25) is 10.0 Å². The van der Waals surface area contributed by atoms with Gasteiger partial charge in [-0.1, -0.05) is 29.8 Å². The maximum absolute atomic E-state index is 12.7. The van der Waals surface area contributed by atoms with Crippen molar-refractivity contribution in [2.45, 2.75) is 31.7 Å². The van der Waals surface area contributed by atoms with E-state index in [0.717, 1.165) is 17.5 Å². The lowest BCUT2D eigenvalue weighted by molar-refractivity contribution is 0.0944. The molecule has 0 saturated heterocycles. The summed E-state index contributed by atoms with van der Waals surface area (Å²) in [7, 11) is -2.01. The molecule has 2 aromatic carbocycles. The molecule has 0 atom stereocenters. The Morgan fingerprint density at radius 3 is 2.32 bits per heavy atom. The summed E-state index contributed by atoms with van der Waals surface area (Å²) in [6.45, 7) is 5.92. The molecule has 152 valence electrons. The van der Waals surface area contributed by atoms with Gasteiger partial charge in [0, 0.05) is 38.9 Å². The molecule has 7 heteroatoms. The smallest absolute Gasteiger partial charge is 0.251 e. The lowest BCUT2D eigenvalue weighted by atomic mass is 10.1. The van der Waals surface area contributed by atoms with Crippen LogP contribution in [0, 0.1) is 6.92 Å². The average Bonchev–Trinajstić information content (AvgIpc) is 2.68. The summed E-state index contributed by atoms with van der Waals surface area (Å²) in [6.07, 6.45) is 0.763. The van der Waals surface area contributed by atoms with Gasteiger partial charge in [0.15, 0.2) is 0 Å². The number of sulfonamides is 1. The molecule has 0 heterocycles. The standard InChI is InChI=1S/C21H28N2O4S/c1-4-27-15-5-14-22-21(24)19-10-8-18(9-11-19)16-23(3)28(25,26)20-12-6-17(2)7-13-20/h6-13H,4-5,14-16H2,1-3H3,(H,22,24). The van der Waals surface area contributed by atoms with E-state index >= 15 is 0 Å². The van der Waals surface area contributed by atoms with Gasteiger partial charge >= 0.3 is 0 Å². The maximum atomic E-state index is 12.7. The minimum atomic E-state index is -3.56. The highest BCUT2D eigenvalue weighted by atomic mass is 32.2. The minimum absolute atomic E-state index is 0.149. The van der Waals surface area contributed by atoms with E-state index in [0.29, 0.717) is 25.3 Å². The van der Waals surface area contributed by atoms with Crippen LogP contribution in [-0.2, 0) is 21.3 Å². The highest BCUT2D eigenvalue weighted by Crippen LogP contribution is 2.17. The fraction of sp³-hybridized carbons (Fsp3) is 0.381. The molecular weight excluding hydrogens is 376 g/mol. The summed E-state index contributed by atoms with van der Waals surface area (Å²) >= 11 is 0. The third kappa shape index (κ3) is 6.15. The molecule has 6 nitrogen and oxygen atoms in total. The van der Waals surface area contributed by atoms with E-state index < -0.39 is 10.0 Å². The van der Waals surface area contributed by atoms with Crippen molar-refractivity contribution in [3.63, 3.8) is 0 Å². The Morgan fingerprint density at radius 2 is 1.71 bits per heavy atom. The Morgan fingerprint density at radius 1 is 1.07 bits per heavy atom. The zero-order valence-corrected chi connectivity index (χ0v) is 17.5. The average molecular weight is 405 g/mol. The molecule has 0 fully saturated rings. The van der Waals surface area contributed by atoms with Crippen molar-refractivity contribution >= 4 is 15.9 Å². The quantitative estimate of drug-likeness (QED) is 0.618. The SMILES string of the molecule is CCOCCCNC(=O)c1ccc(CN(C)S(=O)(=O)c2ccc(C)cc2)cc1. The van der Waals surface area contributed by atoms with Gasteiger partial charge < -0.3 is 10.1 Å². The normalized spacial score (nSPS) is 11.6. The van der Waals surface area contributed by atoms with E-state index in [1.54, 1.807) is 55.6 Å². The minimum Gasteiger partial charge on any atom is -0.382 e. The molecule has 0 saturated carbocycles. The molecular formula is C21H28N2O4S. The molecule has 0 radical (unpaired) electrons. The Balaban J connectivity index is 1.94. The molecule has 28 heavy (non-hydrogen) atoms. The van der Waals surface area contributed by atoms with Gasteiger partial charge in [-0.15, -0.1) is 0 Å². The van der Waals surface area contributed by atoms with Crippen molar-refractivity contribution < 1.29 is 17.9 Å². The first kappa shape index (κ1) is 22.1. The van der Waals surface area contributed by atoms with E-state index in [1.807, 2.05) is 13.8 Å². The van der Waals surface area contributed by atoms with E-state index in [2.05, 4.69) is 5.32 Å². The lowest BCUT2D eigenvalue weighted by Crippen LogP contribution is -2.27. The monoisotopic (exact) mass is 404 g/mol.